The third-order valence-electron chi connectivity index (χ3n) is 2.15. The van der Waals surface area contributed by atoms with Crippen molar-refractivity contribution in [2.24, 2.45) is 0 Å². The maximum absolute atomic E-state index is 12.0. The topological polar surface area (TPSA) is 60.2 Å². The van der Waals surface area contributed by atoms with Crippen LogP contribution < -0.4 is 0 Å². The fourth-order valence-corrected chi connectivity index (χ4v) is 1.25. The van der Waals surface area contributed by atoms with Gasteiger partial charge in [-0.25, -0.2) is 0 Å². The molecule has 0 unspecified atom stereocenters. The summed E-state index contributed by atoms with van der Waals surface area (Å²) >= 11 is 0. The Kier molecular flexibility index (Phi) is 3.50. The van der Waals surface area contributed by atoms with Crippen LogP contribution in [0, 0.1) is 17.0 Å². The Morgan fingerprint density at radius 1 is 1.41 bits per heavy atom. The van der Waals surface area contributed by atoms with Crippen molar-refractivity contribution in [3.8, 4) is 0 Å². The highest BCUT2D eigenvalue weighted by Gasteiger charge is 2.37. The summed E-state index contributed by atoms with van der Waals surface area (Å²) in [6.45, 7) is 1.47. The molecule has 7 heteroatoms. The number of hydrogen-bond acceptors (Lipinski definition) is 3. The van der Waals surface area contributed by atoms with E-state index in [0.717, 1.165) is 6.07 Å². The highest BCUT2D eigenvalue weighted by molar-refractivity contribution is 5.86. The number of halogens is 3. The molecular formula is C10H8F3NO3. The molecule has 1 aromatic carbocycles. The first-order valence-electron chi connectivity index (χ1n) is 4.55. The number of aryl methyl sites for hydroxylation is 1. The number of benzene rings is 1. The number of hydrogen-bond donors (Lipinski definition) is 0. The van der Waals surface area contributed by atoms with Gasteiger partial charge in [0, 0.05) is 18.1 Å². The molecule has 0 heterocycles. The molecule has 1 aromatic rings. The quantitative estimate of drug-likeness (QED) is 0.609. The molecular weight excluding hydrogens is 239 g/mol. The van der Waals surface area contributed by atoms with Crippen molar-refractivity contribution in [2.75, 3.05) is 0 Å². The van der Waals surface area contributed by atoms with E-state index < -0.39 is 23.3 Å². The normalized spacial score (nSPS) is 11.3. The third kappa shape index (κ3) is 3.27. The van der Waals surface area contributed by atoms with E-state index in [0.29, 0.717) is 5.56 Å². The monoisotopic (exact) mass is 247 g/mol. The van der Waals surface area contributed by atoms with Gasteiger partial charge < -0.3 is 0 Å². The number of carbonyl (C=O) groups excluding carboxylic acids is 1. The Morgan fingerprint density at radius 3 is 2.47 bits per heavy atom. The average Bonchev–Trinajstić information content (AvgIpc) is 2.19. The Morgan fingerprint density at radius 2 is 2.00 bits per heavy atom. The van der Waals surface area contributed by atoms with Crippen molar-refractivity contribution in [3.05, 3.63) is 39.4 Å². The van der Waals surface area contributed by atoms with Gasteiger partial charge in [0.15, 0.2) is 0 Å². The van der Waals surface area contributed by atoms with E-state index in [1.807, 2.05) is 0 Å². The predicted octanol–water partition coefficient (Wildman–Crippen LogP) is 2.58. The summed E-state index contributed by atoms with van der Waals surface area (Å²) in [7, 11) is 0. The molecule has 1 rings (SSSR count). The molecule has 0 aliphatic rings. The largest absolute Gasteiger partial charge is 0.450 e. The number of alkyl halides is 3. The number of rotatable bonds is 3. The summed E-state index contributed by atoms with van der Waals surface area (Å²) in [5.74, 6) is -1.92. The highest BCUT2D eigenvalue weighted by atomic mass is 19.4. The van der Waals surface area contributed by atoms with Gasteiger partial charge in [-0.15, -0.1) is 0 Å². The van der Waals surface area contributed by atoms with Gasteiger partial charge in [-0.1, -0.05) is 12.1 Å². The first kappa shape index (κ1) is 13.1. The second kappa shape index (κ2) is 4.52. The molecule has 17 heavy (non-hydrogen) atoms. The molecule has 0 amide bonds. The summed E-state index contributed by atoms with van der Waals surface area (Å²) in [6, 6.07) is 3.57. The van der Waals surface area contributed by atoms with Crippen LogP contribution in [0.2, 0.25) is 0 Å². The van der Waals surface area contributed by atoms with Gasteiger partial charge in [0.1, 0.15) is 0 Å². The van der Waals surface area contributed by atoms with Gasteiger partial charge in [0.2, 0.25) is 5.78 Å². The maximum atomic E-state index is 12.0. The number of nitro benzene ring substituents is 1. The van der Waals surface area contributed by atoms with Crippen LogP contribution in [0.15, 0.2) is 18.2 Å². The molecule has 0 aliphatic carbocycles. The van der Waals surface area contributed by atoms with E-state index >= 15 is 0 Å². The number of ketones is 1. The molecule has 0 N–H and O–H groups in total. The van der Waals surface area contributed by atoms with Crippen molar-refractivity contribution in [2.45, 2.75) is 19.5 Å². The standard InChI is InChI=1S/C10H8F3NO3/c1-6-2-3-7(4-8(6)14(16)17)5-9(15)10(11,12)13/h2-4H,5H2,1H3. The molecule has 4 nitrogen and oxygen atoms in total. The Hall–Kier alpha value is -1.92. The minimum atomic E-state index is -4.92. The number of Topliss-reactive ketones (excluding diaryl/α,β-unsaturated/α-hetero) is 1. The zero-order valence-electron chi connectivity index (χ0n) is 8.75. The Balaban J connectivity index is 2.98. The van der Waals surface area contributed by atoms with Crippen LogP contribution in [0.3, 0.4) is 0 Å². The van der Waals surface area contributed by atoms with E-state index in [4.69, 9.17) is 0 Å². The Labute approximate surface area is 94.2 Å². The van der Waals surface area contributed by atoms with E-state index in [-0.39, 0.29) is 11.3 Å². The van der Waals surface area contributed by atoms with Crippen molar-refractivity contribution >= 4 is 11.5 Å². The van der Waals surface area contributed by atoms with Gasteiger partial charge in [0.25, 0.3) is 5.69 Å². The number of nitrogens with zero attached hydrogens (tertiary/aromatic N) is 1. The fourth-order valence-electron chi connectivity index (χ4n) is 1.25. The highest BCUT2D eigenvalue weighted by Crippen LogP contribution is 2.23. The Bertz CT molecular complexity index is 468. The van der Waals surface area contributed by atoms with Gasteiger partial charge in [-0.3, -0.25) is 14.9 Å². The summed E-state index contributed by atoms with van der Waals surface area (Å²) in [4.78, 5) is 20.6. The lowest BCUT2D eigenvalue weighted by atomic mass is 10.1. The second-order valence-electron chi connectivity index (χ2n) is 3.48. The predicted molar refractivity (Wildman–Crippen MR) is 52.6 cm³/mol. The molecule has 0 radical (unpaired) electrons. The number of carbonyl (C=O) groups is 1. The van der Waals surface area contributed by atoms with Gasteiger partial charge >= 0.3 is 6.18 Å². The van der Waals surface area contributed by atoms with E-state index in [1.54, 1.807) is 0 Å². The van der Waals surface area contributed by atoms with Crippen LogP contribution in [0.4, 0.5) is 18.9 Å². The van der Waals surface area contributed by atoms with Crippen molar-refractivity contribution < 1.29 is 22.9 Å². The van der Waals surface area contributed by atoms with Crippen molar-refractivity contribution in [1.82, 2.24) is 0 Å². The molecule has 0 saturated heterocycles. The van der Waals surface area contributed by atoms with E-state index in [2.05, 4.69) is 0 Å². The first-order chi connectivity index (χ1) is 7.71. The molecule has 0 atom stereocenters. The summed E-state index contributed by atoms with van der Waals surface area (Å²) in [5.41, 5.74) is 0.0142. The van der Waals surface area contributed by atoms with E-state index in [9.17, 15) is 28.1 Å². The number of nitro groups is 1. The van der Waals surface area contributed by atoms with Crippen molar-refractivity contribution in [1.29, 1.82) is 0 Å². The summed E-state index contributed by atoms with van der Waals surface area (Å²) in [5, 5.41) is 10.6. The van der Waals surface area contributed by atoms with Gasteiger partial charge in [0.05, 0.1) is 4.92 Å². The lowest BCUT2D eigenvalue weighted by Crippen LogP contribution is -2.24. The van der Waals surface area contributed by atoms with E-state index in [1.165, 1.54) is 19.1 Å². The van der Waals surface area contributed by atoms with Crippen LogP contribution >= 0.6 is 0 Å². The SMILES string of the molecule is Cc1ccc(CC(=O)C(F)(F)F)cc1[N+](=O)[O-]. The van der Waals surface area contributed by atoms with Crippen LogP contribution in [0.1, 0.15) is 11.1 Å². The molecule has 0 bridgehead atoms. The smallest absolute Gasteiger partial charge is 0.289 e. The van der Waals surface area contributed by atoms with Crippen molar-refractivity contribution in [3.63, 3.8) is 0 Å². The molecule has 92 valence electrons. The van der Waals surface area contributed by atoms with Crippen LogP contribution in [0.25, 0.3) is 0 Å². The summed E-state index contributed by atoms with van der Waals surface area (Å²) < 4.78 is 36.0. The van der Waals surface area contributed by atoms with Gasteiger partial charge in [-0.05, 0) is 12.5 Å². The summed E-state index contributed by atoms with van der Waals surface area (Å²) in [6.07, 6.45) is -5.80. The van der Waals surface area contributed by atoms with Crippen LogP contribution in [0.5, 0.6) is 0 Å². The fraction of sp³-hybridized carbons (Fsp3) is 0.300. The first-order valence-corrected chi connectivity index (χ1v) is 4.55. The minimum Gasteiger partial charge on any atom is -0.289 e. The van der Waals surface area contributed by atoms with Crippen LogP contribution in [-0.2, 0) is 11.2 Å². The zero-order valence-corrected chi connectivity index (χ0v) is 8.75. The lowest BCUT2D eigenvalue weighted by molar-refractivity contribution is -0.385. The molecule has 0 saturated carbocycles. The average molecular weight is 247 g/mol. The molecule has 0 spiro atoms. The van der Waals surface area contributed by atoms with Gasteiger partial charge in [-0.2, -0.15) is 13.2 Å². The van der Waals surface area contributed by atoms with Crippen LogP contribution in [-0.4, -0.2) is 16.9 Å². The maximum Gasteiger partial charge on any atom is 0.450 e. The zero-order chi connectivity index (χ0) is 13.2. The molecule has 0 aliphatic heterocycles. The lowest BCUT2D eigenvalue weighted by Gasteiger charge is -2.05. The third-order valence-corrected chi connectivity index (χ3v) is 2.15. The second-order valence-corrected chi connectivity index (χ2v) is 3.48. The minimum absolute atomic E-state index is 0.0235. The molecule has 0 fully saturated rings. The molecule has 0 aromatic heterocycles.